The van der Waals surface area contributed by atoms with E-state index in [2.05, 4.69) is 22.6 Å². The maximum absolute atomic E-state index is 5.42. The van der Waals surface area contributed by atoms with Crippen molar-refractivity contribution < 1.29 is 20.3 Å². The first-order chi connectivity index (χ1) is 3.06. The zero-order chi connectivity index (χ0) is 5.91. The molecular weight excluding hydrogens is 124 g/mol. The van der Waals surface area contributed by atoms with E-state index >= 15 is 0 Å². The first-order valence-corrected chi connectivity index (χ1v) is 8.02. The van der Waals surface area contributed by atoms with Crippen LogP contribution in [0.1, 0.15) is 6.92 Å². The molecule has 0 radical (unpaired) electrons. The first-order valence-electron chi connectivity index (χ1n) is 2.70. The van der Waals surface area contributed by atoms with Gasteiger partial charge in [0.05, 0.1) is 0 Å². The molecule has 0 aliphatic carbocycles. The third-order valence-electron chi connectivity index (χ3n) is 0.577. The molecule has 0 saturated carbocycles. The Bertz CT molecular complexity index is 46.5. The van der Waals surface area contributed by atoms with Crippen LogP contribution in [0.15, 0.2) is 0 Å². The maximum atomic E-state index is 5.42. The van der Waals surface area contributed by atoms with Crippen molar-refractivity contribution in [2.24, 2.45) is 0 Å². The molecule has 0 aliphatic heterocycles. The molecule has 0 aromatic carbocycles. The predicted molar refractivity (Wildman–Crippen MR) is 29.2 cm³/mol. The van der Waals surface area contributed by atoms with Crippen molar-refractivity contribution in [3.8, 4) is 0 Å². The van der Waals surface area contributed by atoms with Crippen molar-refractivity contribution in [3.63, 3.8) is 0 Å². The summed E-state index contributed by atoms with van der Waals surface area (Å²) in [6.45, 7) is 2.94. The van der Waals surface area contributed by atoms with Gasteiger partial charge in [-0.3, -0.25) is 0 Å². The molecule has 0 aromatic rings. The molecule has 0 rings (SSSR count). The van der Waals surface area contributed by atoms with Crippen LogP contribution in [-0.4, -0.2) is 6.61 Å². The monoisotopic (exact) mass is 138 g/mol. The third-order valence-corrected chi connectivity index (χ3v) is 2.38. The summed E-state index contributed by atoms with van der Waals surface area (Å²) in [6, 6.07) is 0. The van der Waals surface area contributed by atoms with Crippen molar-refractivity contribution in [2.45, 2.75) is 22.6 Å². The molecule has 0 aromatic heterocycles. The van der Waals surface area contributed by atoms with Gasteiger partial charge in [0.1, 0.15) is 0 Å². The summed E-state index contributed by atoms with van der Waals surface area (Å²) in [5, 5.41) is 6.72. The van der Waals surface area contributed by atoms with Crippen LogP contribution in [0, 0.1) is 0 Å². The van der Waals surface area contributed by atoms with Gasteiger partial charge in [-0.25, -0.2) is 0 Å². The molecule has 0 spiro atoms. The van der Waals surface area contributed by atoms with Gasteiger partial charge in [-0.2, -0.15) is 0 Å². The Kier molecular flexibility index (Phi) is 3.13. The Labute approximate surface area is 49.9 Å². The van der Waals surface area contributed by atoms with Gasteiger partial charge in [0, 0.05) is 0 Å². The topological polar surface area (TPSA) is 9.23 Å². The van der Waals surface area contributed by atoms with E-state index in [9.17, 15) is 0 Å². The molecule has 0 fully saturated rings. The van der Waals surface area contributed by atoms with E-state index in [0.29, 0.717) is 0 Å². The fraction of sp³-hybridized carbons (Fsp3) is 1.00. The van der Waals surface area contributed by atoms with Crippen molar-refractivity contribution in [1.29, 1.82) is 0 Å². The van der Waals surface area contributed by atoms with E-state index in [1.54, 1.807) is 0 Å². The molecule has 2 heteroatoms. The van der Waals surface area contributed by atoms with Crippen LogP contribution in [0.3, 0.4) is 0 Å². The second kappa shape index (κ2) is 2.86. The van der Waals surface area contributed by atoms with Crippen LogP contribution >= 0.6 is 0 Å². The zero-order valence-corrected chi connectivity index (χ0v) is 7.18. The van der Waals surface area contributed by atoms with Crippen LogP contribution in [0.25, 0.3) is 0 Å². The van der Waals surface area contributed by atoms with Crippen LogP contribution in [0.4, 0.5) is 0 Å². The van der Waals surface area contributed by atoms with Crippen molar-refractivity contribution in [2.75, 3.05) is 6.61 Å². The molecule has 0 unspecified atom stereocenters. The molecule has 0 N–H and O–H groups in total. The van der Waals surface area contributed by atoms with Gasteiger partial charge in [0.2, 0.25) is 0 Å². The van der Waals surface area contributed by atoms with Gasteiger partial charge in [-0.1, -0.05) is 0 Å². The van der Waals surface area contributed by atoms with Crippen molar-refractivity contribution >= 4 is 0 Å². The summed E-state index contributed by atoms with van der Waals surface area (Å²) < 4.78 is 5.42. The number of hydrogen-bond acceptors (Lipinski definition) is 1. The molecule has 0 saturated heterocycles. The SMILES string of the molecule is CC[O][Ti]([CH3])([CH3])[CH3]. The van der Waals surface area contributed by atoms with Gasteiger partial charge in [-0.15, -0.1) is 0 Å². The van der Waals surface area contributed by atoms with Gasteiger partial charge < -0.3 is 0 Å². The van der Waals surface area contributed by atoms with Crippen LogP contribution in [0.5, 0.6) is 0 Å². The Morgan fingerprint density at radius 2 is 1.71 bits per heavy atom. The van der Waals surface area contributed by atoms with E-state index in [1.165, 1.54) is 0 Å². The Balaban J connectivity index is 3.15. The minimum atomic E-state index is -1.58. The summed E-state index contributed by atoms with van der Waals surface area (Å²) in [4.78, 5) is 0. The summed E-state index contributed by atoms with van der Waals surface area (Å²) in [5.41, 5.74) is 0. The summed E-state index contributed by atoms with van der Waals surface area (Å²) in [6.07, 6.45) is 0. The summed E-state index contributed by atoms with van der Waals surface area (Å²) in [7, 11) is 0. The van der Waals surface area contributed by atoms with Crippen LogP contribution in [0.2, 0.25) is 15.7 Å². The molecule has 1 nitrogen and oxygen atoms in total. The van der Waals surface area contributed by atoms with E-state index in [-0.39, 0.29) is 0 Å². The molecule has 44 valence electrons. The summed E-state index contributed by atoms with van der Waals surface area (Å²) >= 11 is -1.58. The molecule has 0 atom stereocenters. The van der Waals surface area contributed by atoms with Crippen LogP contribution < -0.4 is 0 Å². The molecule has 7 heavy (non-hydrogen) atoms. The second-order valence-electron chi connectivity index (χ2n) is 2.55. The van der Waals surface area contributed by atoms with Gasteiger partial charge >= 0.3 is 49.5 Å². The first kappa shape index (κ1) is 7.67. The van der Waals surface area contributed by atoms with Crippen molar-refractivity contribution in [3.05, 3.63) is 0 Å². The van der Waals surface area contributed by atoms with Gasteiger partial charge in [0.15, 0.2) is 0 Å². The fourth-order valence-electron chi connectivity index (χ4n) is 0.433. The van der Waals surface area contributed by atoms with Gasteiger partial charge in [-0.05, 0) is 0 Å². The normalized spacial score (nSPS) is 12.0. The minimum absolute atomic E-state index is 0.892. The van der Waals surface area contributed by atoms with E-state index in [4.69, 9.17) is 3.32 Å². The Morgan fingerprint density at radius 1 is 1.29 bits per heavy atom. The molecule has 0 heterocycles. The Hall–Kier alpha value is 0.674. The standard InChI is InChI=1S/C2H5O.3CH3.Ti/c1-2-3;;;;/h2H2,1H3;3*1H3;/q-1;;;;+1. The van der Waals surface area contributed by atoms with E-state index in [0.717, 1.165) is 6.61 Å². The average Bonchev–Trinajstić information content (AvgIpc) is 1.30. The zero-order valence-electron chi connectivity index (χ0n) is 5.62. The van der Waals surface area contributed by atoms with Crippen LogP contribution in [-0.2, 0) is 20.3 Å². The summed E-state index contributed by atoms with van der Waals surface area (Å²) in [5.74, 6) is 0. The van der Waals surface area contributed by atoms with Gasteiger partial charge in [0.25, 0.3) is 0 Å². The molecular formula is C5H14OTi. The second-order valence-corrected chi connectivity index (χ2v) is 9.59. The molecule has 0 bridgehead atoms. The van der Waals surface area contributed by atoms with E-state index in [1.807, 2.05) is 0 Å². The fourth-order valence-corrected chi connectivity index (χ4v) is 1.79. The van der Waals surface area contributed by atoms with E-state index < -0.39 is 17.0 Å². The number of hydrogen-bond donors (Lipinski definition) is 0. The van der Waals surface area contributed by atoms with Crippen molar-refractivity contribution in [1.82, 2.24) is 0 Å². The average molecular weight is 138 g/mol. The molecule has 0 aliphatic rings. The quantitative estimate of drug-likeness (QED) is 0.531. The third kappa shape index (κ3) is 6.67. The molecule has 0 amide bonds. The Morgan fingerprint density at radius 3 is 1.71 bits per heavy atom. The predicted octanol–water partition coefficient (Wildman–Crippen LogP) is 2.24. The number of rotatable bonds is 2.